The molecule has 108 valence electrons. The van der Waals surface area contributed by atoms with E-state index in [2.05, 4.69) is 54.0 Å². The highest BCUT2D eigenvalue weighted by Crippen LogP contribution is 2.36. The molecule has 0 radical (unpaired) electrons. The zero-order valence-corrected chi connectivity index (χ0v) is 12.5. The van der Waals surface area contributed by atoms with Gasteiger partial charge in [0, 0.05) is 34.4 Å². The highest BCUT2D eigenvalue weighted by molar-refractivity contribution is 6.08. The molecule has 4 rings (SSSR count). The van der Waals surface area contributed by atoms with Crippen molar-refractivity contribution in [2.24, 2.45) is 11.7 Å². The molecule has 0 aliphatic heterocycles. The van der Waals surface area contributed by atoms with E-state index in [9.17, 15) is 0 Å². The largest absolute Gasteiger partial charge is 0.340 e. The summed E-state index contributed by atoms with van der Waals surface area (Å²) in [6, 6.07) is 15.9. The Kier molecular flexibility index (Phi) is 3.00. The van der Waals surface area contributed by atoms with Crippen LogP contribution in [0.15, 0.2) is 42.5 Å². The zero-order chi connectivity index (χ0) is 14.4. The fourth-order valence-electron chi connectivity index (χ4n) is 3.35. The Morgan fingerprint density at radius 3 is 2.62 bits per heavy atom. The average molecular weight is 278 g/mol. The average Bonchev–Trinajstić information content (AvgIpc) is 3.23. The Bertz CT molecular complexity index is 794. The van der Waals surface area contributed by atoms with Crippen molar-refractivity contribution >= 4 is 21.8 Å². The van der Waals surface area contributed by atoms with Crippen LogP contribution in [0, 0.1) is 5.92 Å². The van der Waals surface area contributed by atoms with Crippen molar-refractivity contribution < 1.29 is 0 Å². The van der Waals surface area contributed by atoms with Crippen molar-refractivity contribution in [3.63, 3.8) is 0 Å². The molecule has 1 heterocycles. The number of fused-ring (bicyclic) bond motifs is 3. The molecule has 2 nitrogen and oxygen atoms in total. The van der Waals surface area contributed by atoms with Gasteiger partial charge in [0.05, 0.1) is 0 Å². The van der Waals surface area contributed by atoms with Gasteiger partial charge < -0.3 is 10.3 Å². The molecular formula is C19H22N2. The Morgan fingerprint density at radius 2 is 1.86 bits per heavy atom. The van der Waals surface area contributed by atoms with Gasteiger partial charge in [0.1, 0.15) is 0 Å². The molecule has 1 fully saturated rings. The molecule has 2 heteroatoms. The lowest BCUT2D eigenvalue weighted by molar-refractivity contribution is 0.664. The van der Waals surface area contributed by atoms with E-state index in [1.165, 1.54) is 40.2 Å². The molecular weight excluding hydrogens is 256 g/mol. The second-order valence-electron chi connectivity index (χ2n) is 6.60. The Balaban J connectivity index is 1.92. The van der Waals surface area contributed by atoms with Gasteiger partial charge in [-0.25, -0.2) is 0 Å². The van der Waals surface area contributed by atoms with E-state index in [4.69, 9.17) is 5.73 Å². The van der Waals surface area contributed by atoms with Crippen molar-refractivity contribution in [1.82, 2.24) is 4.57 Å². The minimum absolute atomic E-state index is 0.210. The first kappa shape index (κ1) is 12.9. The van der Waals surface area contributed by atoms with Crippen molar-refractivity contribution in [1.29, 1.82) is 0 Å². The number of nitrogens with two attached hydrogens (primary N) is 1. The number of benzene rings is 2. The summed E-state index contributed by atoms with van der Waals surface area (Å²) < 4.78 is 2.51. The van der Waals surface area contributed by atoms with E-state index >= 15 is 0 Å². The fourth-order valence-corrected chi connectivity index (χ4v) is 3.35. The van der Waals surface area contributed by atoms with Crippen LogP contribution in [0.5, 0.6) is 0 Å². The Morgan fingerprint density at radius 1 is 1.10 bits per heavy atom. The van der Waals surface area contributed by atoms with Gasteiger partial charge in [-0.05, 0) is 55.9 Å². The molecule has 1 aliphatic rings. The summed E-state index contributed by atoms with van der Waals surface area (Å²) in [5, 5.41) is 2.75. The normalized spacial score (nSPS) is 16.7. The van der Waals surface area contributed by atoms with E-state index in [0.29, 0.717) is 0 Å². The van der Waals surface area contributed by atoms with Gasteiger partial charge in [-0.15, -0.1) is 0 Å². The van der Waals surface area contributed by atoms with Crippen molar-refractivity contribution in [2.45, 2.75) is 38.8 Å². The van der Waals surface area contributed by atoms with E-state index in [0.717, 1.165) is 18.9 Å². The first-order valence-corrected chi connectivity index (χ1v) is 7.98. The molecule has 1 aliphatic carbocycles. The number of nitrogens with zero attached hydrogens (tertiary/aromatic N) is 1. The van der Waals surface area contributed by atoms with Crippen molar-refractivity contribution in [3.05, 3.63) is 48.0 Å². The number of hydrogen-bond acceptors (Lipinski definition) is 1. The van der Waals surface area contributed by atoms with Crippen LogP contribution in [-0.2, 0) is 13.0 Å². The van der Waals surface area contributed by atoms with Crippen LogP contribution >= 0.6 is 0 Å². The molecule has 0 amide bonds. The predicted molar refractivity (Wildman–Crippen MR) is 89.5 cm³/mol. The minimum atomic E-state index is 0.210. The Hall–Kier alpha value is -1.80. The number of hydrogen-bond donors (Lipinski definition) is 1. The molecule has 2 N–H and O–H groups in total. The maximum absolute atomic E-state index is 5.96. The number of rotatable bonds is 4. The molecule has 0 saturated heterocycles. The van der Waals surface area contributed by atoms with Crippen molar-refractivity contribution in [2.75, 3.05) is 0 Å². The summed E-state index contributed by atoms with van der Waals surface area (Å²) in [6.45, 7) is 3.23. The fraction of sp³-hybridized carbons (Fsp3) is 0.368. The minimum Gasteiger partial charge on any atom is -0.340 e. The third-order valence-corrected chi connectivity index (χ3v) is 4.53. The second-order valence-corrected chi connectivity index (χ2v) is 6.60. The van der Waals surface area contributed by atoms with Gasteiger partial charge in [0.15, 0.2) is 0 Å². The summed E-state index contributed by atoms with van der Waals surface area (Å²) in [5.74, 6) is 0.882. The first-order chi connectivity index (χ1) is 10.2. The zero-order valence-electron chi connectivity index (χ0n) is 12.5. The van der Waals surface area contributed by atoms with Gasteiger partial charge in [0.25, 0.3) is 0 Å². The lowest BCUT2D eigenvalue weighted by Crippen LogP contribution is -2.17. The van der Waals surface area contributed by atoms with Gasteiger partial charge in [-0.3, -0.25) is 0 Å². The topological polar surface area (TPSA) is 30.9 Å². The third-order valence-electron chi connectivity index (χ3n) is 4.53. The molecule has 2 aromatic carbocycles. The molecule has 21 heavy (non-hydrogen) atoms. The number of para-hydroxylation sites is 1. The van der Waals surface area contributed by atoms with E-state index < -0.39 is 0 Å². The maximum Gasteiger partial charge on any atom is 0.0491 e. The lowest BCUT2D eigenvalue weighted by Gasteiger charge is -2.08. The van der Waals surface area contributed by atoms with Gasteiger partial charge in [-0.1, -0.05) is 24.3 Å². The second kappa shape index (κ2) is 4.88. The van der Waals surface area contributed by atoms with Gasteiger partial charge in [0.2, 0.25) is 0 Å². The molecule has 1 aromatic heterocycles. The van der Waals surface area contributed by atoms with E-state index in [1.54, 1.807) is 0 Å². The third kappa shape index (κ3) is 2.34. The maximum atomic E-state index is 5.96. The molecule has 3 aromatic rings. The first-order valence-electron chi connectivity index (χ1n) is 7.98. The standard InChI is InChI=1S/C19H22N2/c1-13(20)10-15-8-9-19-17(11-15)16-4-2-3-5-18(16)21(19)12-14-6-7-14/h2-5,8-9,11,13-14H,6-7,10,12,20H2,1H3. The SMILES string of the molecule is CC(N)Cc1ccc2c(c1)c1ccccc1n2CC1CC1. The summed E-state index contributed by atoms with van der Waals surface area (Å²) >= 11 is 0. The van der Waals surface area contributed by atoms with Crippen LogP contribution in [0.3, 0.4) is 0 Å². The summed E-state index contributed by atoms with van der Waals surface area (Å²) in [6.07, 6.45) is 3.71. The monoisotopic (exact) mass is 278 g/mol. The molecule has 0 bridgehead atoms. The molecule has 1 saturated carbocycles. The van der Waals surface area contributed by atoms with Crippen LogP contribution in [-0.4, -0.2) is 10.6 Å². The molecule has 1 atom stereocenters. The van der Waals surface area contributed by atoms with Crippen LogP contribution in [0.25, 0.3) is 21.8 Å². The highest BCUT2D eigenvalue weighted by Gasteiger charge is 2.23. The van der Waals surface area contributed by atoms with Gasteiger partial charge >= 0.3 is 0 Å². The summed E-state index contributed by atoms with van der Waals surface area (Å²) in [4.78, 5) is 0. The van der Waals surface area contributed by atoms with Crippen LogP contribution < -0.4 is 5.73 Å². The van der Waals surface area contributed by atoms with Crippen LogP contribution in [0.2, 0.25) is 0 Å². The van der Waals surface area contributed by atoms with E-state index in [1.807, 2.05) is 0 Å². The summed E-state index contributed by atoms with van der Waals surface area (Å²) in [5.41, 5.74) is 10.0. The smallest absolute Gasteiger partial charge is 0.0491 e. The number of aromatic nitrogens is 1. The van der Waals surface area contributed by atoms with Crippen molar-refractivity contribution in [3.8, 4) is 0 Å². The highest BCUT2D eigenvalue weighted by atomic mass is 15.0. The molecule has 0 spiro atoms. The quantitative estimate of drug-likeness (QED) is 0.765. The summed E-state index contributed by atoms with van der Waals surface area (Å²) in [7, 11) is 0. The van der Waals surface area contributed by atoms with Crippen LogP contribution in [0.1, 0.15) is 25.3 Å². The lowest BCUT2D eigenvalue weighted by atomic mass is 10.0. The molecule has 1 unspecified atom stereocenters. The van der Waals surface area contributed by atoms with E-state index in [-0.39, 0.29) is 6.04 Å². The predicted octanol–water partition coefficient (Wildman–Crippen LogP) is 4.09. The van der Waals surface area contributed by atoms with Crippen LogP contribution in [0.4, 0.5) is 0 Å². The van der Waals surface area contributed by atoms with Gasteiger partial charge in [-0.2, -0.15) is 0 Å². The Labute approximate surface area is 125 Å².